The summed E-state index contributed by atoms with van der Waals surface area (Å²) in [4.78, 5) is 15.8. The van der Waals surface area contributed by atoms with Crippen molar-refractivity contribution in [3.05, 3.63) is 11.5 Å². The van der Waals surface area contributed by atoms with Crippen LogP contribution in [0, 0.1) is 19.8 Å². The minimum Gasteiger partial charge on any atom is -0.437 e. The zero-order valence-corrected chi connectivity index (χ0v) is 10.5. The maximum atomic E-state index is 11.5. The van der Waals surface area contributed by atoms with Crippen LogP contribution >= 0.6 is 11.8 Å². The zero-order chi connectivity index (χ0) is 11.4. The number of hydrogen-bond acceptors (Lipinski definition) is 4. The van der Waals surface area contributed by atoms with E-state index in [1.54, 1.807) is 0 Å². The molecule has 0 aliphatic heterocycles. The molecule has 4 heteroatoms. The van der Waals surface area contributed by atoms with Crippen LogP contribution in [0.2, 0.25) is 0 Å². The van der Waals surface area contributed by atoms with Gasteiger partial charge < -0.3 is 4.42 Å². The van der Waals surface area contributed by atoms with Crippen molar-refractivity contribution in [1.82, 2.24) is 4.98 Å². The van der Waals surface area contributed by atoms with Crippen LogP contribution in [-0.2, 0) is 4.79 Å². The number of carbonyl (C=O) groups is 1. The lowest BCUT2D eigenvalue weighted by Crippen LogP contribution is -2.12. The molecule has 0 saturated heterocycles. The highest BCUT2D eigenvalue weighted by Crippen LogP contribution is 2.21. The Morgan fingerprint density at radius 2 is 2.20 bits per heavy atom. The Labute approximate surface area is 94.6 Å². The molecule has 0 aliphatic carbocycles. The quantitative estimate of drug-likeness (QED) is 0.725. The lowest BCUT2D eigenvalue weighted by Gasteiger charge is -2.04. The molecular weight excluding hydrogens is 210 g/mol. The predicted molar refractivity (Wildman–Crippen MR) is 61.2 cm³/mol. The molecule has 0 aliphatic rings. The smallest absolute Gasteiger partial charge is 0.256 e. The van der Waals surface area contributed by atoms with Gasteiger partial charge in [-0.05, 0) is 20.3 Å². The first-order chi connectivity index (χ1) is 7.04. The van der Waals surface area contributed by atoms with E-state index in [1.807, 2.05) is 27.7 Å². The first kappa shape index (κ1) is 12.3. The monoisotopic (exact) mass is 227 g/mol. The number of hydrogen-bond donors (Lipinski definition) is 0. The minimum absolute atomic E-state index is 0.134. The van der Waals surface area contributed by atoms with Gasteiger partial charge in [0.25, 0.3) is 5.22 Å². The second-order valence-electron chi connectivity index (χ2n) is 3.69. The molecule has 0 N–H and O–H groups in total. The van der Waals surface area contributed by atoms with Gasteiger partial charge in [-0.1, -0.05) is 25.6 Å². The van der Waals surface area contributed by atoms with Crippen LogP contribution in [0.3, 0.4) is 0 Å². The summed E-state index contributed by atoms with van der Waals surface area (Å²) in [5.74, 6) is 1.67. The van der Waals surface area contributed by atoms with Gasteiger partial charge in [0.1, 0.15) is 11.5 Å². The summed E-state index contributed by atoms with van der Waals surface area (Å²) in [5.41, 5.74) is 0.897. The van der Waals surface area contributed by atoms with Crippen LogP contribution in [0.25, 0.3) is 0 Å². The molecule has 0 fully saturated rings. The van der Waals surface area contributed by atoms with Gasteiger partial charge in [-0.15, -0.1) is 0 Å². The molecule has 1 atom stereocenters. The van der Waals surface area contributed by atoms with E-state index in [-0.39, 0.29) is 11.7 Å². The van der Waals surface area contributed by atoms with Crippen molar-refractivity contribution >= 4 is 17.5 Å². The van der Waals surface area contributed by atoms with Gasteiger partial charge in [-0.3, -0.25) is 4.79 Å². The topological polar surface area (TPSA) is 43.1 Å². The van der Waals surface area contributed by atoms with Crippen molar-refractivity contribution in [2.75, 3.05) is 5.75 Å². The maximum absolute atomic E-state index is 11.5. The molecule has 3 nitrogen and oxygen atoms in total. The van der Waals surface area contributed by atoms with E-state index >= 15 is 0 Å². The Hall–Kier alpha value is -0.770. The second-order valence-corrected chi connectivity index (χ2v) is 4.61. The highest BCUT2D eigenvalue weighted by molar-refractivity contribution is 7.99. The molecule has 1 aromatic rings. The van der Waals surface area contributed by atoms with Gasteiger partial charge in [0.15, 0.2) is 0 Å². The molecule has 15 heavy (non-hydrogen) atoms. The predicted octanol–water partition coefficient (Wildman–Crippen LogP) is 3.00. The number of rotatable bonds is 5. The Kier molecular flexibility index (Phi) is 4.39. The normalized spacial score (nSPS) is 12.8. The van der Waals surface area contributed by atoms with Crippen LogP contribution in [0.1, 0.15) is 31.7 Å². The van der Waals surface area contributed by atoms with Crippen molar-refractivity contribution in [2.24, 2.45) is 5.92 Å². The van der Waals surface area contributed by atoms with E-state index in [9.17, 15) is 4.79 Å². The molecule has 1 rings (SSSR count). The van der Waals surface area contributed by atoms with Crippen molar-refractivity contribution in [3.8, 4) is 0 Å². The largest absolute Gasteiger partial charge is 0.437 e. The van der Waals surface area contributed by atoms with Crippen molar-refractivity contribution in [2.45, 2.75) is 39.3 Å². The fourth-order valence-corrected chi connectivity index (χ4v) is 1.94. The number of thioether (sulfide) groups is 1. The number of ketones is 1. The molecule has 0 amide bonds. The van der Waals surface area contributed by atoms with Crippen molar-refractivity contribution < 1.29 is 9.21 Å². The highest BCUT2D eigenvalue weighted by atomic mass is 32.2. The number of aromatic nitrogens is 1. The van der Waals surface area contributed by atoms with Crippen LogP contribution < -0.4 is 0 Å². The third-order valence-electron chi connectivity index (χ3n) is 2.51. The summed E-state index contributed by atoms with van der Waals surface area (Å²) in [6, 6.07) is 0. The van der Waals surface area contributed by atoms with Gasteiger partial charge in [0.05, 0.1) is 11.4 Å². The number of oxazole rings is 1. The average molecular weight is 227 g/mol. The Bertz CT molecular complexity index is 327. The van der Waals surface area contributed by atoms with Gasteiger partial charge >= 0.3 is 0 Å². The van der Waals surface area contributed by atoms with Crippen LogP contribution in [0.4, 0.5) is 0 Å². The average Bonchev–Trinajstić information content (AvgIpc) is 2.54. The van der Waals surface area contributed by atoms with E-state index in [4.69, 9.17) is 4.42 Å². The molecule has 1 unspecified atom stereocenters. The summed E-state index contributed by atoms with van der Waals surface area (Å²) >= 11 is 1.38. The Morgan fingerprint density at radius 3 is 2.67 bits per heavy atom. The number of nitrogens with zero attached hydrogens (tertiary/aromatic N) is 1. The Balaban J connectivity index is 2.47. The summed E-state index contributed by atoms with van der Waals surface area (Å²) in [6.45, 7) is 7.75. The molecular formula is C11H17NO2S. The number of aryl methyl sites for hydroxylation is 2. The molecule has 1 heterocycles. The molecule has 0 spiro atoms. The molecule has 0 radical (unpaired) electrons. The van der Waals surface area contributed by atoms with Crippen LogP contribution in [0.15, 0.2) is 9.64 Å². The third kappa shape index (κ3) is 3.38. The highest BCUT2D eigenvalue weighted by Gasteiger charge is 2.13. The summed E-state index contributed by atoms with van der Waals surface area (Å²) in [7, 11) is 0. The van der Waals surface area contributed by atoms with E-state index in [0.29, 0.717) is 11.0 Å². The van der Waals surface area contributed by atoms with E-state index in [2.05, 4.69) is 4.98 Å². The van der Waals surface area contributed by atoms with Crippen LogP contribution in [0.5, 0.6) is 0 Å². The minimum atomic E-state index is 0.134. The fourth-order valence-electron chi connectivity index (χ4n) is 1.01. The summed E-state index contributed by atoms with van der Waals surface area (Å²) in [6.07, 6.45) is 0.892. The molecule has 0 aromatic carbocycles. The summed E-state index contributed by atoms with van der Waals surface area (Å²) < 4.78 is 5.38. The van der Waals surface area contributed by atoms with E-state index < -0.39 is 0 Å². The van der Waals surface area contributed by atoms with E-state index in [1.165, 1.54) is 11.8 Å². The SMILES string of the molecule is CCC(C)C(=O)CSc1nc(C)c(C)o1. The zero-order valence-electron chi connectivity index (χ0n) is 9.66. The van der Waals surface area contributed by atoms with Gasteiger partial charge in [-0.2, -0.15) is 0 Å². The first-order valence-corrected chi connectivity index (χ1v) is 6.12. The first-order valence-electron chi connectivity index (χ1n) is 5.14. The van der Waals surface area contributed by atoms with Gasteiger partial charge in [0.2, 0.25) is 0 Å². The van der Waals surface area contributed by atoms with Crippen molar-refractivity contribution in [1.29, 1.82) is 0 Å². The van der Waals surface area contributed by atoms with Gasteiger partial charge in [0, 0.05) is 5.92 Å². The van der Waals surface area contributed by atoms with E-state index in [0.717, 1.165) is 17.9 Å². The molecule has 84 valence electrons. The fraction of sp³-hybridized carbons (Fsp3) is 0.636. The molecule has 0 bridgehead atoms. The standard InChI is InChI=1S/C11H17NO2S/c1-5-7(2)10(13)6-15-11-12-8(3)9(4)14-11/h7H,5-6H2,1-4H3. The molecule has 1 aromatic heterocycles. The maximum Gasteiger partial charge on any atom is 0.256 e. The lowest BCUT2D eigenvalue weighted by molar-refractivity contribution is -0.119. The Morgan fingerprint density at radius 1 is 1.53 bits per heavy atom. The van der Waals surface area contributed by atoms with Gasteiger partial charge in [-0.25, -0.2) is 4.98 Å². The van der Waals surface area contributed by atoms with Crippen molar-refractivity contribution in [3.63, 3.8) is 0 Å². The number of carbonyl (C=O) groups excluding carboxylic acids is 1. The van der Waals surface area contributed by atoms with Crippen LogP contribution in [-0.4, -0.2) is 16.5 Å². The number of Topliss-reactive ketones (excluding diaryl/α,β-unsaturated/α-hetero) is 1. The summed E-state index contributed by atoms with van der Waals surface area (Å²) in [5, 5.41) is 0.599. The molecule has 0 saturated carbocycles. The third-order valence-corrected chi connectivity index (χ3v) is 3.36. The second kappa shape index (κ2) is 5.35. The lowest BCUT2D eigenvalue weighted by atomic mass is 10.1.